The summed E-state index contributed by atoms with van der Waals surface area (Å²) in [5.74, 6) is 1.86. The largest absolute Gasteiger partial charge is 0.497 e. The molecule has 0 radical (unpaired) electrons. The van der Waals surface area contributed by atoms with Crippen LogP contribution in [0, 0.1) is 13.8 Å². The molecule has 36 heavy (non-hydrogen) atoms. The van der Waals surface area contributed by atoms with Crippen molar-refractivity contribution >= 4 is 17.4 Å². The quantitative estimate of drug-likeness (QED) is 0.198. The van der Waals surface area contributed by atoms with Crippen molar-refractivity contribution in [1.29, 1.82) is 0 Å². The number of piperidine rings is 1. The summed E-state index contributed by atoms with van der Waals surface area (Å²) >= 11 is 0. The van der Waals surface area contributed by atoms with E-state index in [-0.39, 0.29) is 18.2 Å². The molecule has 2 aromatic heterocycles. The number of oxime groups is 1. The fourth-order valence-corrected chi connectivity index (χ4v) is 4.60. The van der Waals surface area contributed by atoms with Gasteiger partial charge in [0, 0.05) is 48.3 Å². The highest BCUT2D eigenvalue weighted by Crippen LogP contribution is 2.19. The van der Waals surface area contributed by atoms with Gasteiger partial charge in [-0.1, -0.05) is 17.3 Å². The van der Waals surface area contributed by atoms with Gasteiger partial charge in [-0.25, -0.2) is 4.98 Å². The molecule has 1 saturated heterocycles. The SMILES string of the molecule is COc1ccc(CCn2c(C)cc(C(=O)CON=C(N)c3ccc(N4CCCCC4)nc3)c2C)cc1. The fraction of sp³-hybridized carbons (Fsp3) is 0.393. The van der Waals surface area contributed by atoms with Gasteiger partial charge in [0.15, 0.2) is 12.4 Å². The van der Waals surface area contributed by atoms with Gasteiger partial charge in [-0.3, -0.25) is 4.79 Å². The highest BCUT2D eigenvalue weighted by molar-refractivity contribution is 5.99. The summed E-state index contributed by atoms with van der Waals surface area (Å²) in [5.41, 5.74) is 10.5. The second-order valence-electron chi connectivity index (χ2n) is 9.16. The number of aromatic nitrogens is 2. The molecule has 1 fully saturated rings. The molecule has 0 aliphatic carbocycles. The van der Waals surface area contributed by atoms with E-state index in [1.54, 1.807) is 13.3 Å². The second kappa shape index (κ2) is 11.7. The van der Waals surface area contributed by atoms with Crippen LogP contribution in [-0.2, 0) is 17.8 Å². The first-order chi connectivity index (χ1) is 17.5. The number of aryl methyl sites for hydroxylation is 2. The Balaban J connectivity index is 1.32. The van der Waals surface area contributed by atoms with E-state index in [1.165, 1.54) is 24.8 Å². The molecular formula is C28H35N5O3. The van der Waals surface area contributed by atoms with E-state index in [0.29, 0.717) is 11.1 Å². The third kappa shape index (κ3) is 6.05. The summed E-state index contributed by atoms with van der Waals surface area (Å²) in [6.45, 7) is 6.63. The summed E-state index contributed by atoms with van der Waals surface area (Å²) in [5, 5.41) is 3.95. The number of benzene rings is 1. The number of amidine groups is 1. The minimum absolute atomic E-state index is 0.131. The van der Waals surface area contributed by atoms with E-state index in [9.17, 15) is 4.79 Å². The number of carbonyl (C=O) groups excluding carboxylic acids is 1. The smallest absolute Gasteiger partial charge is 0.204 e. The highest BCUT2D eigenvalue weighted by Gasteiger charge is 2.17. The van der Waals surface area contributed by atoms with Crippen molar-refractivity contribution in [2.24, 2.45) is 10.9 Å². The molecule has 8 nitrogen and oxygen atoms in total. The number of methoxy groups -OCH3 is 1. The van der Waals surface area contributed by atoms with Crippen LogP contribution in [-0.4, -0.2) is 48.0 Å². The average molecular weight is 490 g/mol. The lowest BCUT2D eigenvalue weighted by molar-refractivity contribution is 0.0775. The number of hydrogen-bond donors (Lipinski definition) is 1. The van der Waals surface area contributed by atoms with Gasteiger partial charge in [0.05, 0.1) is 7.11 Å². The summed E-state index contributed by atoms with van der Waals surface area (Å²) in [7, 11) is 1.66. The minimum Gasteiger partial charge on any atom is -0.497 e. The Hall–Kier alpha value is -3.81. The third-order valence-corrected chi connectivity index (χ3v) is 6.74. The first-order valence-corrected chi connectivity index (χ1v) is 12.5. The molecule has 4 rings (SSSR count). The van der Waals surface area contributed by atoms with Gasteiger partial charge >= 0.3 is 0 Å². The van der Waals surface area contributed by atoms with Crippen LogP contribution in [0.3, 0.4) is 0 Å². The molecule has 8 heteroatoms. The lowest BCUT2D eigenvalue weighted by Gasteiger charge is -2.27. The molecule has 1 aliphatic heterocycles. The van der Waals surface area contributed by atoms with E-state index in [2.05, 4.69) is 31.7 Å². The third-order valence-electron chi connectivity index (χ3n) is 6.74. The highest BCUT2D eigenvalue weighted by atomic mass is 16.6. The van der Waals surface area contributed by atoms with Crippen LogP contribution in [0.15, 0.2) is 53.8 Å². The molecule has 0 saturated carbocycles. The van der Waals surface area contributed by atoms with Crippen molar-refractivity contribution in [3.63, 3.8) is 0 Å². The normalized spacial score (nSPS) is 14.1. The zero-order valence-corrected chi connectivity index (χ0v) is 21.4. The van der Waals surface area contributed by atoms with Gasteiger partial charge in [0.2, 0.25) is 5.78 Å². The summed E-state index contributed by atoms with van der Waals surface area (Å²) in [4.78, 5) is 25.0. The zero-order valence-electron chi connectivity index (χ0n) is 21.4. The Labute approximate surface area is 212 Å². The topological polar surface area (TPSA) is 95.0 Å². The van der Waals surface area contributed by atoms with Crippen molar-refractivity contribution < 1.29 is 14.4 Å². The average Bonchev–Trinajstić information content (AvgIpc) is 3.21. The number of anilines is 1. The minimum atomic E-state index is -0.178. The Morgan fingerprint density at radius 3 is 2.50 bits per heavy atom. The van der Waals surface area contributed by atoms with Crippen LogP contribution in [0.1, 0.15) is 52.1 Å². The Morgan fingerprint density at radius 2 is 1.83 bits per heavy atom. The predicted octanol–water partition coefficient (Wildman–Crippen LogP) is 4.26. The van der Waals surface area contributed by atoms with Crippen LogP contribution in [0.25, 0.3) is 0 Å². The van der Waals surface area contributed by atoms with Crippen LogP contribution >= 0.6 is 0 Å². The van der Waals surface area contributed by atoms with Crippen LogP contribution in [0.4, 0.5) is 5.82 Å². The monoisotopic (exact) mass is 489 g/mol. The van der Waals surface area contributed by atoms with Gasteiger partial charge in [-0.2, -0.15) is 0 Å². The number of ketones is 1. The standard InChI is InChI=1S/C28H35N5O3/c1-20-17-25(21(2)33(20)16-13-22-7-10-24(35-3)11-8-22)26(34)19-36-31-28(29)23-9-12-27(30-18-23)32-14-5-4-6-15-32/h7-12,17-18H,4-6,13-16,19H2,1-3H3,(H2,29,31). The fourth-order valence-electron chi connectivity index (χ4n) is 4.60. The van der Waals surface area contributed by atoms with Crippen molar-refractivity contribution in [3.8, 4) is 5.75 Å². The molecule has 3 aromatic rings. The zero-order chi connectivity index (χ0) is 25.5. The number of Topliss-reactive ketones (excluding diaryl/α,β-unsaturated/α-hetero) is 1. The van der Waals surface area contributed by atoms with Crippen LogP contribution < -0.4 is 15.4 Å². The van der Waals surface area contributed by atoms with E-state index in [4.69, 9.17) is 15.3 Å². The number of carbonyl (C=O) groups is 1. The van der Waals surface area contributed by atoms with Crippen molar-refractivity contribution in [1.82, 2.24) is 9.55 Å². The van der Waals surface area contributed by atoms with E-state index >= 15 is 0 Å². The maximum Gasteiger partial charge on any atom is 0.204 e. The number of rotatable bonds is 10. The first kappa shape index (κ1) is 25.3. The summed E-state index contributed by atoms with van der Waals surface area (Å²) < 4.78 is 7.38. The molecule has 190 valence electrons. The maximum atomic E-state index is 12.8. The molecule has 1 aromatic carbocycles. The van der Waals surface area contributed by atoms with Gasteiger partial charge in [-0.15, -0.1) is 0 Å². The molecule has 1 aliphatic rings. The lowest BCUT2D eigenvalue weighted by Crippen LogP contribution is -2.30. The Bertz CT molecular complexity index is 1190. The van der Waals surface area contributed by atoms with Crippen LogP contribution in [0.2, 0.25) is 0 Å². The van der Waals surface area contributed by atoms with Gasteiger partial charge < -0.3 is 24.8 Å². The summed E-state index contributed by atoms with van der Waals surface area (Å²) in [6.07, 6.45) is 6.22. The molecule has 0 atom stereocenters. The molecule has 0 bridgehead atoms. The van der Waals surface area contributed by atoms with E-state index < -0.39 is 0 Å². The number of ether oxygens (including phenoxy) is 1. The molecular weight excluding hydrogens is 454 g/mol. The van der Waals surface area contributed by atoms with Gasteiger partial charge in [0.25, 0.3) is 0 Å². The van der Waals surface area contributed by atoms with Crippen molar-refractivity contribution in [2.45, 2.75) is 46.1 Å². The number of hydrogen-bond acceptors (Lipinski definition) is 6. The lowest BCUT2D eigenvalue weighted by atomic mass is 10.1. The molecule has 0 unspecified atom stereocenters. The van der Waals surface area contributed by atoms with Gasteiger partial charge in [0.1, 0.15) is 11.6 Å². The van der Waals surface area contributed by atoms with Crippen molar-refractivity contribution in [2.75, 3.05) is 31.7 Å². The van der Waals surface area contributed by atoms with E-state index in [1.807, 2.05) is 44.2 Å². The Morgan fingerprint density at radius 1 is 1.08 bits per heavy atom. The first-order valence-electron chi connectivity index (χ1n) is 12.5. The van der Waals surface area contributed by atoms with Crippen molar-refractivity contribution in [3.05, 3.63) is 76.7 Å². The molecule has 0 spiro atoms. The molecule has 2 N–H and O–H groups in total. The predicted molar refractivity (Wildman–Crippen MR) is 142 cm³/mol. The van der Waals surface area contributed by atoms with E-state index in [0.717, 1.165) is 49.0 Å². The molecule has 3 heterocycles. The number of nitrogens with two attached hydrogens (primary N) is 1. The van der Waals surface area contributed by atoms with Crippen LogP contribution in [0.5, 0.6) is 5.75 Å². The Kier molecular flexibility index (Phi) is 8.25. The number of nitrogens with zero attached hydrogens (tertiary/aromatic N) is 4. The second-order valence-corrected chi connectivity index (χ2v) is 9.16. The number of pyridine rings is 1. The van der Waals surface area contributed by atoms with Gasteiger partial charge in [-0.05, 0) is 75.4 Å². The summed E-state index contributed by atoms with van der Waals surface area (Å²) in [6, 6.07) is 13.8. The molecule has 0 amide bonds. The maximum absolute atomic E-state index is 12.8.